The highest BCUT2D eigenvalue weighted by Gasteiger charge is 2.21. The number of benzene rings is 2. The summed E-state index contributed by atoms with van der Waals surface area (Å²) in [4.78, 5) is 17.0. The maximum Gasteiger partial charge on any atom is 0.190 e. The molecule has 1 aliphatic rings. The number of rotatable bonds is 2. The Morgan fingerprint density at radius 1 is 0.957 bits per heavy atom. The molecular weight excluding hydrogens is 284 g/mol. The number of hydrogen-bond donors (Lipinski definition) is 1. The second-order valence-corrected chi connectivity index (χ2v) is 5.68. The van der Waals surface area contributed by atoms with Crippen molar-refractivity contribution in [2.45, 2.75) is 12.8 Å². The number of anilines is 1. The van der Waals surface area contributed by atoms with Crippen LogP contribution in [0.15, 0.2) is 72.6 Å². The van der Waals surface area contributed by atoms with Gasteiger partial charge in [-0.2, -0.15) is 0 Å². The Morgan fingerprint density at radius 3 is 2.78 bits per heavy atom. The predicted molar refractivity (Wildman–Crippen MR) is 92.5 cm³/mol. The lowest BCUT2D eigenvalue weighted by molar-refractivity contribution is 0.102. The molecule has 1 aliphatic carbocycles. The largest absolute Gasteiger partial charge is 0.359 e. The van der Waals surface area contributed by atoms with Crippen molar-refractivity contribution in [3.63, 3.8) is 0 Å². The average Bonchev–Trinajstić information content (AvgIpc) is 2.61. The molecule has 0 aliphatic heterocycles. The van der Waals surface area contributed by atoms with Gasteiger partial charge in [-0.05, 0) is 30.5 Å². The quantitative estimate of drug-likeness (QED) is 0.715. The molecule has 0 spiro atoms. The number of hydrogen-bond acceptors (Lipinski definition) is 3. The molecule has 3 heteroatoms. The Hall–Kier alpha value is -2.94. The number of pyridine rings is 1. The number of Topliss-reactive ketones (excluding diaryl/α,β-unsaturated/α-hetero) is 1. The maximum atomic E-state index is 12.6. The summed E-state index contributed by atoms with van der Waals surface area (Å²) < 4.78 is 0. The van der Waals surface area contributed by atoms with Crippen molar-refractivity contribution in [3.8, 4) is 0 Å². The monoisotopic (exact) mass is 300 g/mol. The van der Waals surface area contributed by atoms with E-state index in [1.807, 2.05) is 60.8 Å². The molecule has 23 heavy (non-hydrogen) atoms. The van der Waals surface area contributed by atoms with Crippen molar-refractivity contribution in [3.05, 3.63) is 83.7 Å². The van der Waals surface area contributed by atoms with E-state index in [0.29, 0.717) is 0 Å². The van der Waals surface area contributed by atoms with E-state index in [9.17, 15) is 4.79 Å². The number of carbonyl (C=O) groups excluding carboxylic acids is 1. The predicted octanol–water partition coefficient (Wildman–Crippen LogP) is 4.36. The molecule has 1 aromatic heterocycles. The van der Waals surface area contributed by atoms with Crippen molar-refractivity contribution in [1.29, 1.82) is 0 Å². The second kappa shape index (κ2) is 5.69. The molecule has 0 saturated carbocycles. The van der Waals surface area contributed by atoms with Crippen molar-refractivity contribution < 1.29 is 4.79 Å². The van der Waals surface area contributed by atoms with Crippen LogP contribution in [0.1, 0.15) is 22.3 Å². The van der Waals surface area contributed by atoms with Crippen LogP contribution in [0.5, 0.6) is 0 Å². The van der Waals surface area contributed by atoms with Crippen molar-refractivity contribution >= 4 is 22.4 Å². The molecule has 4 rings (SSSR count). The van der Waals surface area contributed by atoms with Crippen LogP contribution in [-0.2, 0) is 6.42 Å². The third-order valence-corrected chi connectivity index (χ3v) is 4.25. The number of ketones is 1. The van der Waals surface area contributed by atoms with E-state index in [1.165, 1.54) is 0 Å². The number of fused-ring (bicyclic) bond motifs is 2. The van der Waals surface area contributed by atoms with Crippen LogP contribution in [0.4, 0.5) is 5.69 Å². The van der Waals surface area contributed by atoms with E-state index >= 15 is 0 Å². The zero-order valence-electron chi connectivity index (χ0n) is 12.6. The van der Waals surface area contributed by atoms with Gasteiger partial charge in [0.15, 0.2) is 5.78 Å². The lowest BCUT2D eigenvalue weighted by Crippen LogP contribution is -2.15. The van der Waals surface area contributed by atoms with E-state index in [2.05, 4.69) is 10.3 Å². The highest BCUT2D eigenvalue weighted by molar-refractivity contribution is 6.11. The molecule has 0 fully saturated rings. The molecule has 112 valence electrons. The summed E-state index contributed by atoms with van der Waals surface area (Å²) in [5.41, 5.74) is 4.61. The van der Waals surface area contributed by atoms with Gasteiger partial charge in [-0.25, -0.2) is 0 Å². The summed E-state index contributed by atoms with van der Waals surface area (Å²) in [5.74, 6) is 0.118. The van der Waals surface area contributed by atoms with E-state index in [0.717, 1.165) is 46.1 Å². The molecule has 3 nitrogen and oxygen atoms in total. The fourth-order valence-corrected chi connectivity index (χ4v) is 3.04. The van der Waals surface area contributed by atoms with Crippen LogP contribution >= 0.6 is 0 Å². The first kappa shape index (κ1) is 13.7. The Kier molecular flexibility index (Phi) is 3.39. The van der Waals surface area contributed by atoms with Crippen LogP contribution in [0.2, 0.25) is 0 Å². The number of nitrogens with zero attached hydrogens (tertiary/aromatic N) is 1. The number of nitrogens with one attached hydrogen (secondary N) is 1. The lowest BCUT2D eigenvalue weighted by Gasteiger charge is -2.17. The second-order valence-electron chi connectivity index (χ2n) is 5.68. The maximum absolute atomic E-state index is 12.6. The molecule has 1 heterocycles. The molecular formula is C20H16N2O. The van der Waals surface area contributed by atoms with Gasteiger partial charge in [0.1, 0.15) is 0 Å². The fraction of sp³-hybridized carbons (Fsp3) is 0.100. The Bertz CT molecular complexity index is 922. The normalized spacial score (nSPS) is 15.7. The summed E-state index contributed by atoms with van der Waals surface area (Å²) in [7, 11) is 0. The Morgan fingerprint density at radius 2 is 1.83 bits per heavy atom. The van der Waals surface area contributed by atoms with Crippen LogP contribution in [0.3, 0.4) is 0 Å². The Balaban J connectivity index is 1.66. The number of para-hydroxylation sites is 1. The summed E-state index contributed by atoms with van der Waals surface area (Å²) in [6.45, 7) is 0. The first-order valence-electron chi connectivity index (χ1n) is 7.75. The van der Waals surface area contributed by atoms with Crippen LogP contribution in [0.25, 0.3) is 10.9 Å². The number of aromatic nitrogens is 1. The summed E-state index contributed by atoms with van der Waals surface area (Å²) in [6.07, 6.45) is 5.29. The molecule has 2 aromatic carbocycles. The minimum atomic E-state index is 0.118. The van der Waals surface area contributed by atoms with Gasteiger partial charge in [0, 0.05) is 28.9 Å². The van der Waals surface area contributed by atoms with Gasteiger partial charge < -0.3 is 5.32 Å². The molecule has 0 saturated heterocycles. The van der Waals surface area contributed by atoms with E-state index in [4.69, 9.17) is 0 Å². The van der Waals surface area contributed by atoms with Gasteiger partial charge >= 0.3 is 0 Å². The van der Waals surface area contributed by atoms with Crippen molar-refractivity contribution in [2.24, 2.45) is 0 Å². The SMILES string of the molecule is O=C1C(=CNc2cccc3cccnc23)CCc2ccccc21. The minimum absolute atomic E-state index is 0.118. The molecule has 0 amide bonds. The first-order valence-corrected chi connectivity index (χ1v) is 7.75. The van der Waals surface area contributed by atoms with Gasteiger partial charge in [0.05, 0.1) is 11.2 Å². The van der Waals surface area contributed by atoms with Crippen LogP contribution in [-0.4, -0.2) is 10.8 Å². The summed E-state index contributed by atoms with van der Waals surface area (Å²) in [5, 5.41) is 4.35. The topological polar surface area (TPSA) is 42.0 Å². The molecule has 0 bridgehead atoms. The van der Waals surface area contributed by atoms with Crippen molar-refractivity contribution in [1.82, 2.24) is 4.98 Å². The van der Waals surface area contributed by atoms with Gasteiger partial charge in [-0.1, -0.05) is 42.5 Å². The zero-order valence-corrected chi connectivity index (χ0v) is 12.6. The summed E-state index contributed by atoms with van der Waals surface area (Å²) in [6, 6.07) is 17.8. The van der Waals surface area contributed by atoms with E-state index in [-0.39, 0.29) is 5.78 Å². The number of aryl methyl sites for hydroxylation is 1. The third-order valence-electron chi connectivity index (χ3n) is 4.25. The zero-order chi connectivity index (χ0) is 15.6. The smallest absolute Gasteiger partial charge is 0.190 e. The molecule has 3 aromatic rings. The van der Waals surface area contributed by atoms with Gasteiger partial charge in [0.2, 0.25) is 0 Å². The molecule has 0 radical (unpaired) electrons. The third kappa shape index (κ3) is 2.50. The summed E-state index contributed by atoms with van der Waals surface area (Å²) >= 11 is 0. The first-order chi connectivity index (χ1) is 11.3. The van der Waals surface area contributed by atoms with Gasteiger partial charge in [-0.3, -0.25) is 9.78 Å². The average molecular weight is 300 g/mol. The van der Waals surface area contributed by atoms with Crippen molar-refractivity contribution in [2.75, 3.05) is 5.32 Å². The van der Waals surface area contributed by atoms with Crippen LogP contribution in [0, 0.1) is 0 Å². The van der Waals surface area contributed by atoms with Gasteiger partial charge in [-0.15, -0.1) is 0 Å². The van der Waals surface area contributed by atoms with E-state index in [1.54, 1.807) is 6.20 Å². The minimum Gasteiger partial charge on any atom is -0.359 e. The highest BCUT2D eigenvalue weighted by atomic mass is 16.1. The van der Waals surface area contributed by atoms with Crippen LogP contribution < -0.4 is 5.32 Å². The van der Waals surface area contributed by atoms with Gasteiger partial charge in [0.25, 0.3) is 0 Å². The Labute approximate surface area is 134 Å². The molecule has 1 N–H and O–H groups in total. The lowest BCUT2D eigenvalue weighted by atomic mass is 9.87. The molecule has 0 atom stereocenters. The fourth-order valence-electron chi connectivity index (χ4n) is 3.04. The standard InChI is InChI=1S/C20H16N2O/c23-20-16(11-10-14-5-1-2-8-17(14)20)13-22-18-9-3-6-15-7-4-12-21-19(15)18/h1-9,12-13,22H,10-11H2. The molecule has 0 unspecified atom stereocenters. The van der Waals surface area contributed by atoms with E-state index < -0.39 is 0 Å². The number of allylic oxidation sites excluding steroid dienone is 1. The number of carbonyl (C=O) groups is 1. The highest BCUT2D eigenvalue weighted by Crippen LogP contribution is 2.26.